The second kappa shape index (κ2) is 5.25. The van der Waals surface area contributed by atoms with Crippen molar-refractivity contribution in [1.82, 2.24) is 0 Å². The number of sulfonamides is 1. The zero-order chi connectivity index (χ0) is 15.0. The number of nitrogens with one attached hydrogen (secondary N) is 1. The van der Waals surface area contributed by atoms with E-state index in [1.165, 1.54) is 22.6 Å². The first-order valence-electron chi connectivity index (χ1n) is 6.48. The van der Waals surface area contributed by atoms with E-state index in [0.717, 1.165) is 36.3 Å². The van der Waals surface area contributed by atoms with E-state index in [1.807, 2.05) is 18.2 Å². The van der Waals surface area contributed by atoms with Gasteiger partial charge in [0.25, 0.3) is 5.91 Å². The molecule has 0 saturated carbocycles. The average molecular weight is 322 g/mol. The summed E-state index contributed by atoms with van der Waals surface area (Å²) in [5, 5.41) is 9.31. The maximum Gasteiger partial charge on any atom is 0.256 e. The Morgan fingerprint density at radius 1 is 1.19 bits per heavy atom. The minimum atomic E-state index is -3.76. The number of amides is 1. The summed E-state index contributed by atoms with van der Waals surface area (Å²) in [5.41, 5.74) is 3.62. The molecule has 0 radical (unpaired) electrons. The van der Waals surface area contributed by atoms with Crippen LogP contribution in [0.3, 0.4) is 0 Å². The number of aryl methyl sites for hydroxylation is 2. The van der Waals surface area contributed by atoms with Crippen molar-refractivity contribution in [2.45, 2.75) is 23.5 Å². The van der Waals surface area contributed by atoms with Gasteiger partial charge in [-0.3, -0.25) is 4.79 Å². The van der Waals surface area contributed by atoms with Crippen LogP contribution < -0.4 is 10.5 Å². The normalized spacial score (nSPS) is 14.0. The Morgan fingerprint density at radius 2 is 1.95 bits per heavy atom. The van der Waals surface area contributed by atoms with Crippen molar-refractivity contribution in [3.8, 4) is 0 Å². The molecule has 1 amide bonds. The van der Waals surface area contributed by atoms with Gasteiger partial charge in [0.2, 0.25) is 10.0 Å². The van der Waals surface area contributed by atoms with Gasteiger partial charge in [-0.25, -0.2) is 13.6 Å². The lowest BCUT2D eigenvalue weighted by molar-refractivity contribution is 0.102. The number of carbonyl (C=O) groups is 1. The Bertz CT molecular complexity index is 809. The molecule has 5 nitrogen and oxygen atoms in total. The third-order valence-corrected chi connectivity index (χ3v) is 5.86. The molecule has 1 aromatic heterocycles. The van der Waals surface area contributed by atoms with E-state index in [0.29, 0.717) is 5.56 Å². The summed E-state index contributed by atoms with van der Waals surface area (Å²) >= 11 is 0.942. The predicted octanol–water partition coefficient (Wildman–Crippen LogP) is 2.14. The van der Waals surface area contributed by atoms with Gasteiger partial charge in [-0.15, -0.1) is 11.3 Å². The first-order chi connectivity index (χ1) is 9.93. The van der Waals surface area contributed by atoms with Crippen LogP contribution in [0.15, 0.2) is 33.9 Å². The standard InChI is InChI=1S/C14H14N2O3S2/c15-21(18,19)13-7-11(8-20-13)14(17)16-12-5-4-9-2-1-3-10(9)6-12/h4-8H,1-3H2,(H,16,17)(H2,15,18,19). The first kappa shape index (κ1) is 14.2. The SMILES string of the molecule is NS(=O)(=O)c1cc(C(=O)Nc2ccc3c(c2)CCC3)cs1. The summed E-state index contributed by atoms with van der Waals surface area (Å²) in [4.78, 5) is 12.1. The zero-order valence-corrected chi connectivity index (χ0v) is 12.8. The van der Waals surface area contributed by atoms with Crippen molar-refractivity contribution < 1.29 is 13.2 Å². The third kappa shape index (κ3) is 2.99. The molecular weight excluding hydrogens is 308 g/mol. The second-order valence-electron chi connectivity index (χ2n) is 4.99. The number of fused-ring (bicyclic) bond motifs is 1. The Balaban J connectivity index is 1.79. The smallest absolute Gasteiger partial charge is 0.256 e. The molecule has 0 bridgehead atoms. The monoisotopic (exact) mass is 322 g/mol. The Labute approximate surface area is 126 Å². The highest BCUT2D eigenvalue weighted by Crippen LogP contribution is 2.25. The van der Waals surface area contributed by atoms with Gasteiger partial charge in [0.15, 0.2) is 0 Å². The number of rotatable bonds is 3. The summed E-state index contributed by atoms with van der Waals surface area (Å²) in [6.45, 7) is 0. The number of benzene rings is 1. The number of hydrogen-bond donors (Lipinski definition) is 2. The predicted molar refractivity (Wildman–Crippen MR) is 82.1 cm³/mol. The average Bonchev–Trinajstić information content (AvgIpc) is 3.06. The van der Waals surface area contributed by atoms with Crippen molar-refractivity contribution >= 4 is 33.0 Å². The van der Waals surface area contributed by atoms with Crippen LogP contribution in [0.1, 0.15) is 27.9 Å². The van der Waals surface area contributed by atoms with Crippen LogP contribution in [-0.2, 0) is 22.9 Å². The summed E-state index contributed by atoms with van der Waals surface area (Å²) in [5.74, 6) is -0.334. The van der Waals surface area contributed by atoms with Crippen LogP contribution >= 0.6 is 11.3 Å². The van der Waals surface area contributed by atoms with E-state index in [2.05, 4.69) is 5.32 Å². The van der Waals surface area contributed by atoms with Gasteiger partial charge in [0.1, 0.15) is 4.21 Å². The highest BCUT2D eigenvalue weighted by Gasteiger charge is 2.16. The molecule has 1 aliphatic rings. The molecule has 1 aromatic carbocycles. The van der Waals surface area contributed by atoms with Gasteiger partial charge in [-0.2, -0.15) is 0 Å². The molecule has 0 spiro atoms. The van der Waals surface area contributed by atoms with E-state index in [9.17, 15) is 13.2 Å². The largest absolute Gasteiger partial charge is 0.322 e. The van der Waals surface area contributed by atoms with Crippen LogP contribution in [0.2, 0.25) is 0 Å². The van der Waals surface area contributed by atoms with Crippen molar-refractivity contribution in [3.63, 3.8) is 0 Å². The Kier molecular flexibility index (Phi) is 3.56. The topological polar surface area (TPSA) is 89.3 Å². The second-order valence-corrected chi connectivity index (χ2v) is 7.69. The molecule has 1 heterocycles. The molecule has 3 N–H and O–H groups in total. The number of hydrogen-bond acceptors (Lipinski definition) is 4. The molecule has 0 fully saturated rings. The summed E-state index contributed by atoms with van der Waals surface area (Å²) in [6, 6.07) is 7.17. The lowest BCUT2D eigenvalue weighted by Gasteiger charge is -2.06. The number of primary sulfonamides is 1. The Morgan fingerprint density at radius 3 is 2.67 bits per heavy atom. The maximum atomic E-state index is 12.1. The third-order valence-electron chi connectivity index (χ3n) is 3.47. The fraction of sp³-hybridized carbons (Fsp3) is 0.214. The Hall–Kier alpha value is -1.70. The summed E-state index contributed by atoms with van der Waals surface area (Å²) < 4.78 is 22.4. The number of anilines is 1. The van der Waals surface area contributed by atoms with E-state index < -0.39 is 10.0 Å². The van der Waals surface area contributed by atoms with Crippen LogP contribution in [0.25, 0.3) is 0 Å². The van der Waals surface area contributed by atoms with E-state index >= 15 is 0 Å². The van der Waals surface area contributed by atoms with Crippen molar-refractivity contribution in [2.24, 2.45) is 5.14 Å². The minimum Gasteiger partial charge on any atom is -0.322 e. The van der Waals surface area contributed by atoms with Crippen molar-refractivity contribution in [2.75, 3.05) is 5.32 Å². The molecule has 2 aromatic rings. The fourth-order valence-electron chi connectivity index (χ4n) is 2.44. The molecule has 0 atom stereocenters. The van der Waals surface area contributed by atoms with E-state index in [1.54, 1.807) is 0 Å². The lowest BCUT2D eigenvalue weighted by Crippen LogP contribution is -2.12. The zero-order valence-electron chi connectivity index (χ0n) is 11.1. The molecule has 0 unspecified atom stereocenters. The van der Waals surface area contributed by atoms with Gasteiger partial charge >= 0.3 is 0 Å². The van der Waals surface area contributed by atoms with Gasteiger partial charge in [-0.05, 0) is 48.6 Å². The fourth-order valence-corrected chi connectivity index (χ4v) is 4.02. The highest BCUT2D eigenvalue weighted by atomic mass is 32.2. The van der Waals surface area contributed by atoms with Gasteiger partial charge in [-0.1, -0.05) is 6.07 Å². The lowest BCUT2D eigenvalue weighted by atomic mass is 10.1. The van der Waals surface area contributed by atoms with Crippen LogP contribution in [0, 0.1) is 0 Å². The number of nitrogens with two attached hydrogens (primary N) is 1. The number of thiophene rings is 1. The van der Waals surface area contributed by atoms with Crippen LogP contribution in [0.5, 0.6) is 0 Å². The van der Waals surface area contributed by atoms with Crippen molar-refractivity contribution in [3.05, 3.63) is 46.3 Å². The molecule has 1 aliphatic carbocycles. The minimum absolute atomic E-state index is 0.0124. The van der Waals surface area contributed by atoms with Gasteiger partial charge in [0, 0.05) is 11.1 Å². The summed E-state index contributed by atoms with van der Waals surface area (Å²) in [6.07, 6.45) is 3.27. The van der Waals surface area contributed by atoms with Crippen LogP contribution in [-0.4, -0.2) is 14.3 Å². The van der Waals surface area contributed by atoms with Crippen molar-refractivity contribution in [1.29, 1.82) is 0 Å². The maximum absolute atomic E-state index is 12.1. The molecule has 0 saturated heterocycles. The number of carbonyl (C=O) groups excluding carboxylic acids is 1. The molecule has 110 valence electrons. The summed E-state index contributed by atoms with van der Waals surface area (Å²) in [7, 11) is -3.76. The molecule has 0 aliphatic heterocycles. The van der Waals surface area contributed by atoms with E-state index in [4.69, 9.17) is 5.14 Å². The highest BCUT2D eigenvalue weighted by molar-refractivity contribution is 7.91. The molecular formula is C14H14N2O3S2. The van der Waals surface area contributed by atoms with Gasteiger partial charge in [0.05, 0.1) is 5.56 Å². The van der Waals surface area contributed by atoms with Gasteiger partial charge < -0.3 is 5.32 Å². The quantitative estimate of drug-likeness (QED) is 0.907. The molecule has 21 heavy (non-hydrogen) atoms. The first-order valence-corrected chi connectivity index (χ1v) is 8.90. The molecule has 3 rings (SSSR count). The van der Waals surface area contributed by atoms with E-state index in [-0.39, 0.29) is 10.1 Å². The van der Waals surface area contributed by atoms with Crippen LogP contribution in [0.4, 0.5) is 5.69 Å². The molecule has 7 heteroatoms.